The third-order valence-electron chi connectivity index (χ3n) is 5.33. The predicted molar refractivity (Wildman–Crippen MR) is 130 cm³/mol. The number of hydrogen-bond acceptors (Lipinski definition) is 6. The van der Waals surface area contributed by atoms with Crippen molar-refractivity contribution < 1.29 is 9.59 Å². The number of anilines is 3. The number of nitrogens with one attached hydrogen (secondary N) is 2. The molecule has 0 aliphatic heterocycles. The van der Waals surface area contributed by atoms with Crippen LogP contribution >= 0.6 is 0 Å². The lowest BCUT2D eigenvalue weighted by Crippen LogP contribution is -2.41. The molecule has 180 valence electrons. The molecule has 0 saturated carbocycles. The number of H-pyrrole nitrogens is 1. The molecule has 0 fully saturated rings. The third-order valence-corrected chi connectivity index (χ3v) is 5.33. The quantitative estimate of drug-likeness (QED) is 0.414. The summed E-state index contributed by atoms with van der Waals surface area (Å²) in [5, 5.41) is 2.78. The van der Waals surface area contributed by atoms with E-state index < -0.39 is 17.2 Å². The van der Waals surface area contributed by atoms with Crippen LogP contribution in [0, 0.1) is 0 Å². The van der Waals surface area contributed by atoms with Gasteiger partial charge in [0.1, 0.15) is 5.82 Å². The number of benzene rings is 1. The van der Waals surface area contributed by atoms with Crippen LogP contribution in [0.5, 0.6) is 0 Å². The number of aromatic nitrogens is 4. The number of carbonyl (C=O) groups is 2. The van der Waals surface area contributed by atoms with Crippen molar-refractivity contribution in [1.29, 1.82) is 0 Å². The van der Waals surface area contributed by atoms with Gasteiger partial charge >= 0.3 is 5.69 Å². The van der Waals surface area contributed by atoms with Gasteiger partial charge in [-0.15, -0.1) is 0 Å². The maximum atomic E-state index is 13.3. The number of unbranched alkanes of at least 4 members (excludes halogenated alkanes) is 1. The summed E-state index contributed by atoms with van der Waals surface area (Å²) < 4.78 is 3.06. The van der Waals surface area contributed by atoms with Crippen LogP contribution in [-0.2, 0) is 17.9 Å². The second kappa shape index (κ2) is 11.1. The SMILES string of the molecule is CCCCn1c(N)c(N(CC)C(=O)c2cccc(NC(=O)CCn3ccnc3)c2)c(=O)[nH]c1=O. The molecular formula is C23H29N7O4. The Hall–Kier alpha value is -4.15. The zero-order valence-electron chi connectivity index (χ0n) is 19.3. The van der Waals surface area contributed by atoms with Gasteiger partial charge in [-0.1, -0.05) is 19.4 Å². The number of nitrogens with zero attached hydrogens (tertiary/aromatic N) is 4. The van der Waals surface area contributed by atoms with Gasteiger partial charge in [0.15, 0.2) is 5.69 Å². The predicted octanol–water partition coefficient (Wildman–Crippen LogP) is 1.81. The van der Waals surface area contributed by atoms with Crippen molar-refractivity contribution >= 4 is 29.0 Å². The van der Waals surface area contributed by atoms with Gasteiger partial charge in [-0.2, -0.15) is 0 Å². The van der Waals surface area contributed by atoms with Gasteiger partial charge in [0.25, 0.3) is 11.5 Å². The minimum Gasteiger partial charge on any atom is -0.383 e. The molecule has 34 heavy (non-hydrogen) atoms. The maximum Gasteiger partial charge on any atom is 0.330 e. The first-order chi connectivity index (χ1) is 16.3. The standard InChI is InChI=1S/C23H29N7O4/c1-3-5-11-30-20(24)19(21(32)27-23(30)34)29(4-2)22(33)16-7-6-8-17(14-16)26-18(31)9-12-28-13-10-25-15-28/h6-8,10,13-15H,3-5,9,11-12,24H2,1-2H3,(H,26,31)(H,27,32,34). The molecule has 2 aromatic heterocycles. The Morgan fingerprint density at radius 1 is 1.21 bits per heavy atom. The van der Waals surface area contributed by atoms with Gasteiger partial charge in [-0.25, -0.2) is 9.78 Å². The number of hydrogen-bond donors (Lipinski definition) is 3. The topological polar surface area (TPSA) is 148 Å². The lowest BCUT2D eigenvalue weighted by atomic mass is 10.1. The van der Waals surface area contributed by atoms with E-state index in [-0.39, 0.29) is 35.9 Å². The monoisotopic (exact) mass is 467 g/mol. The molecule has 4 N–H and O–H groups in total. The number of rotatable bonds is 10. The number of nitrogens with two attached hydrogens (primary N) is 1. The number of aryl methyl sites for hydroxylation is 1. The van der Waals surface area contributed by atoms with Crippen molar-refractivity contribution in [3.63, 3.8) is 0 Å². The largest absolute Gasteiger partial charge is 0.383 e. The Balaban J connectivity index is 1.82. The van der Waals surface area contributed by atoms with E-state index in [1.165, 1.54) is 15.5 Å². The Morgan fingerprint density at radius 2 is 2.00 bits per heavy atom. The highest BCUT2D eigenvalue weighted by atomic mass is 16.2. The summed E-state index contributed by atoms with van der Waals surface area (Å²) in [5.74, 6) is -0.745. The minimum atomic E-state index is -0.727. The summed E-state index contributed by atoms with van der Waals surface area (Å²) in [5.41, 5.74) is 5.48. The van der Waals surface area contributed by atoms with Gasteiger partial charge in [-0.05, 0) is 31.5 Å². The van der Waals surface area contributed by atoms with Gasteiger partial charge in [0, 0.05) is 49.7 Å². The number of imidazole rings is 1. The Labute approximate surface area is 196 Å². The van der Waals surface area contributed by atoms with Crippen LogP contribution in [0.3, 0.4) is 0 Å². The fourth-order valence-corrected chi connectivity index (χ4v) is 3.54. The first-order valence-corrected chi connectivity index (χ1v) is 11.2. The van der Waals surface area contributed by atoms with Gasteiger partial charge in [0.05, 0.1) is 6.33 Å². The molecule has 0 unspecified atom stereocenters. The molecule has 0 radical (unpaired) electrons. The molecule has 0 aliphatic carbocycles. The van der Waals surface area contributed by atoms with Crippen LogP contribution in [0.1, 0.15) is 43.5 Å². The number of carbonyl (C=O) groups excluding carboxylic acids is 2. The zero-order chi connectivity index (χ0) is 24.7. The number of amides is 2. The van der Waals surface area contributed by atoms with Crippen LogP contribution in [0.2, 0.25) is 0 Å². The van der Waals surface area contributed by atoms with Crippen LogP contribution in [0.25, 0.3) is 0 Å². The molecule has 11 heteroatoms. The molecule has 11 nitrogen and oxygen atoms in total. The Morgan fingerprint density at radius 3 is 2.68 bits per heavy atom. The van der Waals surface area contributed by atoms with Crippen molar-refractivity contribution in [3.05, 3.63) is 69.4 Å². The average molecular weight is 468 g/mol. The molecular weight excluding hydrogens is 438 g/mol. The van der Waals surface area contributed by atoms with E-state index in [2.05, 4.69) is 15.3 Å². The first kappa shape index (κ1) is 24.5. The van der Waals surface area contributed by atoms with Crippen molar-refractivity contribution in [1.82, 2.24) is 19.1 Å². The highest BCUT2D eigenvalue weighted by Crippen LogP contribution is 2.21. The van der Waals surface area contributed by atoms with Crippen molar-refractivity contribution in [2.45, 2.75) is 46.2 Å². The van der Waals surface area contributed by atoms with Gasteiger partial charge in [0.2, 0.25) is 5.91 Å². The minimum absolute atomic E-state index is 0.0543. The lowest BCUT2D eigenvalue weighted by Gasteiger charge is -2.23. The smallest absolute Gasteiger partial charge is 0.330 e. The average Bonchev–Trinajstić information content (AvgIpc) is 3.34. The highest BCUT2D eigenvalue weighted by molar-refractivity contribution is 6.08. The number of nitrogen functional groups attached to an aromatic ring is 1. The second-order valence-electron chi connectivity index (χ2n) is 7.73. The van der Waals surface area contributed by atoms with E-state index in [0.717, 1.165) is 6.42 Å². The van der Waals surface area contributed by atoms with E-state index in [1.807, 2.05) is 6.92 Å². The van der Waals surface area contributed by atoms with Gasteiger partial charge < -0.3 is 20.5 Å². The fraction of sp³-hybridized carbons (Fsp3) is 0.348. The summed E-state index contributed by atoms with van der Waals surface area (Å²) in [4.78, 5) is 57.9. The highest BCUT2D eigenvalue weighted by Gasteiger charge is 2.24. The van der Waals surface area contributed by atoms with E-state index >= 15 is 0 Å². The van der Waals surface area contributed by atoms with Crippen LogP contribution in [-0.4, -0.2) is 37.5 Å². The first-order valence-electron chi connectivity index (χ1n) is 11.2. The van der Waals surface area contributed by atoms with Crippen molar-refractivity contribution in [2.75, 3.05) is 22.5 Å². The molecule has 3 aromatic rings. The van der Waals surface area contributed by atoms with Crippen molar-refractivity contribution in [3.8, 4) is 0 Å². The van der Waals surface area contributed by atoms with E-state index in [0.29, 0.717) is 25.2 Å². The van der Waals surface area contributed by atoms with Crippen molar-refractivity contribution in [2.24, 2.45) is 0 Å². The van der Waals surface area contributed by atoms with E-state index in [1.54, 1.807) is 48.4 Å². The normalized spacial score (nSPS) is 10.8. The number of aromatic amines is 1. The molecule has 0 spiro atoms. The van der Waals surface area contributed by atoms with Gasteiger partial charge in [-0.3, -0.25) is 23.9 Å². The van der Waals surface area contributed by atoms with E-state index in [9.17, 15) is 19.2 Å². The molecule has 0 atom stereocenters. The maximum absolute atomic E-state index is 13.3. The molecule has 3 rings (SSSR count). The molecule has 0 aliphatic rings. The lowest BCUT2D eigenvalue weighted by molar-refractivity contribution is -0.116. The van der Waals surface area contributed by atoms with Crippen LogP contribution < -0.4 is 27.2 Å². The summed E-state index contributed by atoms with van der Waals surface area (Å²) in [6, 6.07) is 6.44. The third kappa shape index (κ3) is 5.61. The summed E-state index contributed by atoms with van der Waals surface area (Å²) >= 11 is 0. The summed E-state index contributed by atoms with van der Waals surface area (Å²) in [6.45, 7) is 4.64. The molecule has 1 aromatic carbocycles. The Bertz CT molecular complexity index is 1260. The second-order valence-corrected chi connectivity index (χ2v) is 7.73. The van der Waals surface area contributed by atoms with E-state index in [4.69, 9.17) is 5.73 Å². The van der Waals surface area contributed by atoms with Crippen LogP contribution in [0.4, 0.5) is 17.2 Å². The molecule has 0 saturated heterocycles. The Kier molecular flexibility index (Phi) is 8.01. The zero-order valence-corrected chi connectivity index (χ0v) is 19.3. The fourth-order valence-electron chi connectivity index (χ4n) is 3.54. The summed E-state index contributed by atoms with van der Waals surface area (Å²) in [6.07, 6.45) is 6.80. The molecule has 2 heterocycles. The molecule has 2 amide bonds. The molecule has 0 bridgehead atoms. The van der Waals surface area contributed by atoms with Crippen LogP contribution in [0.15, 0.2) is 52.6 Å². The summed E-state index contributed by atoms with van der Waals surface area (Å²) in [7, 11) is 0.